The van der Waals surface area contributed by atoms with E-state index in [1.807, 2.05) is 13.0 Å². The molecule has 1 heterocycles. The minimum atomic E-state index is -0.527. The number of hydrogen-bond donors (Lipinski definition) is 1. The standard InChI is InChI=1S/C21H18Br2N2O5S/c1-3-30-19-14(23)8-12(9-16(19)29-2)10-17-20(27)25(21(28)31-17)11-18(26)24-15-7-5-4-6-13(15)22/h4-10H,3,11H2,1-2H3,(H,24,26)/b17-10+. The molecule has 3 amide bonds. The zero-order chi connectivity index (χ0) is 22.5. The van der Waals surface area contributed by atoms with E-state index >= 15 is 0 Å². The van der Waals surface area contributed by atoms with Crippen LogP contribution in [0.3, 0.4) is 0 Å². The molecule has 31 heavy (non-hydrogen) atoms. The molecule has 1 N–H and O–H groups in total. The van der Waals surface area contributed by atoms with E-state index in [1.54, 1.807) is 36.4 Å². The SMILES string of the molecule is CCOc1c(Br)cc(/C=C2/SC(=O)N(CC(=O)Nc3ccccc3Br)C2=O)cc1OC. The summed E-state index contributed by atoms with van der Waals surface area (Å²) in [5, 5.41) is 2.18. The van der Waals surface area contributed by atoms with Crippen LogP contribution in [-0.2, 0) is 9.59 Å². The fraction of sp³-hybridized carbons (Fsp3) is 0.190. The first-order valence-corrected chi connectivity index (χ1v) is 11.5. The summed E-state index contributed by atoms with van der Waals surface area (Å²) < 4.78 is 12.3. The fourth-order valence-electron chi connectivity index (χ4n) is 2.79. The van der Waals surface area contributed by atoms with E-state index in [0.29, 0.717) is 38.3 Å². The van der Waals surface area contributed by atoms with Gasteiger partial charge in [-0.1, -0.05) is 12.1 Å². The van der Waals surface area contributed by atoms with Crippen LogP contribution in [0.1, 0.15) is 12.5 Å². The van der Waals surface area contributed by atoms with E-state index < -0.39 is 17.1 Å². The zero-order valence-electron chi connectivity index (χ0n) is 16.6. The van der Waals surface area contributed by atoms with Gasteiger partial charge < -0.3 is 14.8 Å². The molecule has 162 valence electrons. The average molecular weight is 570 g/mol. The van der Waals surface area contributed by atoms with Crippen molar-refractivity contribution in [3.8, 4) is 11.5 Å². The van der Waals surface area contributed by atoms with E-state index in [-0.39, 0.29) is 11.4 Å². The molecule has 2 aromatic carbocycles. The first-order valence-electron chi connectivity index (χ1n) is 9.14. The Bertz CT molecular complexity index is 1070. The van der Waals surface area contributed by atoms with Gasteiger partial charge in [-0.25, -0.2) is 0 Å². The normalized spacial score (nSPS) is 14.8. The summed E-state index contributed by atoms with van der Waals surface area (Å²) >= 11 is 7.56. The summed E-state index contributed by atoms with van der Waals surface area (Å²) in [6.07, 6.45) is 1.58. The van der Waals surface area contributed by atoms with Gasteiger partial charge in [-0.05, 0) is 86.5 Å². The number of benzene rings is 2. The molecule has 1 fully saturated rings. The van der Waals surface area contributed by atoms with Crippen LogP contribution in [0.5, 0.6) is 11.5 Å². The van der Waals surface area contributed by atoms with Crippen LogP contribution in [0, 0.1) is 0 Å². The second kappa shape index (κ2) is 10.3. The summed E-state index contributed by atoms with van der Waals surface area (Å²) in [5.41, 5.74) is 1.21. The van der Waals surface area contributed by atoms with Crippen molar-refractivity contribution in [2.45, 2.75) is 6.92 Å². The van der Waals surface area contributed by atoms with Gasteiger partial charge in [0.15, 0.2) is 11.5 Å². The van der Waals surface area contributed by atoms with Crippen LogP contribution < -0.4 is 14.8 Å². The highest BCUT2D eigenvalue weighted by Gasteiger charge is 2.36. The summed E-state index contributed by atoms with van der Waals surface area (Å²) in [5.74, 6) is 0.0516. The van der Waals surface area contributed by atoms with Gasteiger partial charge in [-0.2, -0.15) is 0 Å². The molecule has 0 atom stereocenters. The molecule has 0 saturated carbocycles. The van der Waals surface area contributed by atoms with Crippen molar-refractivity contribution in [1.29, 1.82) is 0 Å². The van der Waals surface area contributed by atoms with Gasteiger partial charge in [-0.3, -0.25) is 19.3 Å². The first kappa shape index (κ1) is 23.4. The Morgan fingerprint density at radius 1 is 1.19 bits per heavy atom. The molecule has 1 saturated heterocycles. The van der Waals surface area contributed by atoms with Crippen LogP contribution in [0.25, 0.3) is 6.08 Å². The summed E-state index contributed by atoms with van der Waals surface area (Å²) in [7, 11) is 1.52. The van der Waals surface area contributed by atoms with E-state index in [4.69, 9.17) is 9.47 Å². The number of nitrogens with zero attached hydrogens (tertiary/aromatic N) is 1. The van der Waals surface area contributed by atoms with Gasteiger partial charge in [0.1, 0.15) is 6.54 Å². The molecular weight excluding hydrogens is 552 g/mol. The van der Waals surface area contributed by atoms with Crippen molar-refractivity contribution in [3.05, 3.63) is 55.8 Å². The van der Waals surface area contributed by atoms with Crippen molar-refractivity contribution in [2.75, 3.05) is 25.6 Å². The van der Waals surface area contributed by atoms with Crippen LogP contribution in [0.4, 0.5) is 10.5 Å². The number of ether oxygens (including phenoxy) is 2. The predicted octanol–water partition coefficient (Wildman–Crippen LogP) is 5.29. The Kier molecular flexibility index (Phi) is 7.79. The number of nitrogens with one attached hydrogen (secondary N) is 1. The highest BCUT2D eigenvalue weighted by molar-refractivity contribution is 9.11. The zero-order valence-corrected chi connectivity index (χ0v) is 20.6. The highest BCUT2D eigenvalue weighted by Crippen LogP contribution is 2.39. The number of methoxy groups -OCH3 is 1. The lowest BCUT2D eigenvalue weighted by Gasteiger charge is -2.13. The molecule has 3 rings (SSSR count). The minimum absolute atomic E-state index is 0.219. The van der Waals surface area contributed by atoms with E-state index in [2.05, 4.69) is 37.2 Å². The number of hydrogen-bond acceptors (Lipinski definition) is 6. The molecule has 0 radical (unpaired) electrons. The lowest BCUT2D eigenvalue weighted by molar-refractivity contribution is -0.127. The Morgan fingerprint density at radius 3 is 2.61 bits per heavy atom. The van der Waals surface area contributed by atoms with Crippen molar-refractivity contribution in [1.82, 2.24) is 4.90 Å². The number of halogens is 2. The number of amides is 3. The second-order valence-electron chi connectivity index (χ2n) is 6.26. The number of para-hydroxylation sites is 1. The van der Waals surface area contributed by atoms with Gasteiger partial charge in [0.25, 0.3) is 11.1 Å². The topological polar surface area (TPSA) is 84.9 Å². The van der Waals surface area contributed by atoms with Gasteiger partial charge in [0.2, 0.25) is 5.91 Å². The molecule has 0 aromatic heterocycles. The Labute approximate surface area is 200 Å². The van der Waals surface area contributed by atoms with E-state index in [1.165, 1.54) is 7.11 Å². The van der Waals surface area contributed by atoms with Gasteiger partial charge >= 0.3 is 0 Å². The first-order chi connectivity index (χ1) is 14.8. The van der Waals surface area contributed by atoms with Crippen LogP contribution in [0.2, 0.25) is 0 Å². The largest absolute Gasteiger partial charge is 0.493 e. The lowest BCUT2D eigenvalue weighted by atomic mass is 10.2. The summed E-state index contributed by atoms with van der Waals surface area (Å²) in [4.78, 5) is 38.6. The Balaban J connectivity index is 1.77. The van der Waals surface area contributed by atoms with Gasteiger partial charge in [-0.15, -0.1) is 0 Å². The lowest BCUT2D eigenvalue weighted by Crippen LogP contribution is -2.36. The molecule has 0 spiro atoms. The molecule has 0 bridgehead atoms. The summed E-state index contributed by atoms with van der Waals surface area (Å²) in [6, 6.07) is 10.6. The maximum absolute atomic E-state index is 12.7. The Morgan fingerprint density at radius 2 is 1.94 bits per heavy atom. The highest BCUT2D eigenvalue weighted by atomic mass is 79.9. The molecule has 0 aliphatic carbocycles. The van der Waals surface area contributed by atoms with Crippen molar-refractivity contribution in [3.63, 3.8) is 0 Å². The van der Waals surface area contributed by atoms with E-state index in [0.717, 1.165) is 16.7 Å². The average Bonchev–Trinajstić information content (AvgIpc) is 2.98. The smallest absolute Gasteiger partial charge is 0.294 e. The van der Waals surface area contributed by atoms with Crippen LogP contribution in [0.15, 0.2) is 50.2 Å². The fourth-order valence-corrected chi connectivity index (χ4v) is 4.59. The number of anilines is 1. The maximum Gasteiger partial charge on any atom is 0.294 e. The minimum Gasteiger partial charge on any atom is -0.493 e. The monoisotopic (exact) mass is 568 g/mol. The molecule has 7 nitrogen and oxygen atoms in total. The molecule has 1 aliphatic heterocycles. The quantitative estimate of drug-likeness (QED) is 0.456. The van der Waals surface area contributed by atoms with Gasteiger partial charge in [0, 0.05) is 4.47 Å². The Hall–Kier alpha value is -2.30. The number of carbonyl (C=O) groups is 3. The van der Waals surface area contributed by atoms with Crippen LogP contribution >= 0.6 is 43.6 Å². The third kappa shape index (κ3) is 5.50. The number of imide groups is 1. The third-order valence-electron chi connectivity index (χ3n) is 4.16. The third-order valence-corrected chi connectivity index (χ3v) is 6.35. The molecule has 10 heteroatoms. The van der Waals surface area contributed by atoms with E-state index in [9.17, 15) is 14.4 Å². The van der Waals surface area contributed by atoms with Crippen molar-refractivity contribution < 1.29 is 23.9 Å². The maximum atomic E-state index is 12.7. The molecule has 1 aliphatic rings. The molecule has 0 unspecified atom stereocenters. The van der Waals surface area contributed by atoms with Crippen molar-refractivity contribution in [2.24, 2.45) is 0 Å². The number of thioether (sulfide) groups is 1. The molecular formula is C21H18Br2N2O5S. The number of carbonyl (C=O) groups excluding carboxylic acids is 3. The van der Waals surface area contributed by atoms with Crippen LogP contribution in [-0.4, -0.2) is 42.2 Å². The molecule has 2 aromatic rings. The second-order valence-corrected chi connectivity index (χ2v) is 8.96. The summed E-state index contributed by atoms with van der Waals surface area (Å²) in [6.45, 7) is 1.96. The predicted molar refractivity (Wildman–Crippen MR) is 127 cm³/mol. The van der Waals surface area contributed by atoms with Crippen molar-refractivity contribution >= 4 is 72.4 Å². The van der Waals surface area contributed by atoms with Gasteiger partial charge in [0.05, 0.1) is 28.8 Å². The number of rotatable bonds is 7.